The number of aromatic nitrogens is 2. The van der Waals surface area contributed by atoms with Gasteiger partial charge in [0.25, 0.3) is 5.56 Å². The number of halogens is 3. The number of likely N-dealkylation sites (N-methyl/N-ethyl adjacent to an activating group) is 1. The second-order valence-electron chi connectivity index (χ2n) is 5.76. The number of aromatic amines is 1. The molecule has 0 bridgehead atoms. The molecule has 0 aliphatic carbocycles. The third-order valence-corrected chi connectivity index (χ3v) is 4.58. The molecule has 0 radical (unpaired) electrons. The Morgan fingerprint density at radius 2 is 2.07 bits per heavy atom. The number of rotatable bonds is 5. The van der Waals surface area contributed by atoms with Crippen molar-refractivity contribution >= 4 is 33.5 Å². The van der Waals surface area contributed by atoms with Crippen LogP contribution in [0.3, 0.4) is 0 Å². The molecule has 6 nitrogen and oxygen atoms in total. The number of ether oxygens (including phenoxy) is 1. The van der Waals surface area contributed by atoms with Crippen LogP contribution in [0, 0.1) is 0 Å². The molecule has 0 saturated heterocycles. The van der Waals surface area contributed by atoms with Crippen molar-refractivity contribution in [1.82, 2.24) is 14.9 Å². The molecule has 0 atom stereocenters. The molecule has 2 heterocycles. The molecule has 3 rings (SSSR count). The Morgan fingerprint density at radius 3 is 2.82 bits per heavy atom. The van der Waals surface area contributed by atoms with Crippen molar-refractivity contribution in [3.8, 4) is 5.75 Å². The van der Waals surface area contributed by atoms with Gasteiger partial charge in [0.1, 0.15) is 16.3 Å². The number of benzene rings is 1. The monoisotopic (exact) mass is 409 g/mol. The quantitative estimate of drug-likeness (QED) is 0.654. The number of nitrogens with zero attached hydrogens (tertiary/aromatic N) is 2. The van der Waals surface area contributed by atoms with Crippen molar-refractivity contribution < 1.29 is 22.7 Å². The van der Waals surface area contributed by atoms with Gasteiger partial charge < -0.3 is 14.6 Å². The molecule has 0 aliphatic heterocycles. The summed E-state index contributed by atoms with van der Waals surface area (Å²) in [7, 11) is 1.49. The van der Waals surface area contributed by atoms with E-state index < -0.39 is 18.0 Å². The predicted molar refractivity (Wildman–Crippen MR) is 98.9 cm³/mol. The highest BCUT2D eigenvalue weighted by molar-refractivity contribution is 7.17. The van der Waals surface area contributed by atoms with Gasteiger partial charge in [0.2, 0.25) is 5.91 Å². The minimum Gasteiger partial charge on any atom is -0.405 e. The number of hydrogen-bond acceptors (Lipinski definition) is 5. The number of nitrogens with one attached hydrogen (secondary N) is 1. The van der Waals surface area contributed by atoms with Crippen molar-refractivity contribution in [3.05, 3.63) is 63.5 Å². The molecule has 0 unspecified atom stereocenters. The third-order valence-electron chi connectivity index (χ3n) is 3.68. The Kier molecular flexibility index (Phi) is 5.50. The first kappa shape index (κ1) is 19.6. The van der Waals surface area contributed by atoms with Crippen LogP contribution in [0.4, 0.5) is 13.2 Å². The Morgan fingerprint density at radius 1 is 1.32 bits per heavy atom. The van der Waals surface area contributed by atoms with Crippen molar-refractivity contribution in [2.75, 3.05) is 7.05 Å². The maximum absolute atomic E-state index is 12.5. The van der Waals surface area contributed by atoms with Crippen LogP contribution in [-0.2, 0) is 11.3 Å². The van der Waals surface area contributed by atoms with Gasteiger partial charge in [-0.3, -0.25) is 9.59 Å². The summed E-state index contributed by atoms with van der Waals surface area (Å²) in [6.45, 7) is 0.0326. The first-order valence-corrected chi connectivity index (χ1v) is 8.85. The molecule has 28 heavy (non-hydrogen) atoms. The molecule has 3 aromatic rings. The number of carbonyl (C=O) groups excluding carboxylic acids is 1. The van der Waals surface area contributed by atoms with Crippen LogP contribution in [0.1, 0.15) is 11.4 Å². The average Bonchev–Trinajstić information content (AvgIpc) is 3.08. The van der Waals surface area contributed by atoms with Gasteiger partial charge in [-0.1, -0.05) is 18.2 Å². The minimum atomic E-state index is -4.83. The number of H-pyrrole nitrogens is 1. The van der Waals surface area contributed by atoms with Gasteiger partial charge in [0.05, 0.1) is 12.1 Å². The molecule has 0 saturated carbocycles. The van der Waals surface area contributed by atoms with E-state index in [-0.39, 0.29) is 17.7 Å². The van der Waals surface area contributed by atoms with Gasteiger partial charge in [0, 0.05) is 18.7 Å². The Balaban J connectivity index is 1.73. The van der Waals surface area contributed by atoms with E-state index in [4.69, 9.17) is 0 Å². The Labute approximate surface area is 160 Å². The van der Waals surface area contributed by atoms with E-state index in [1.54, 1.807) is 11.4 Å². The van der Waals surface area contributed by atoms with Crippen molar-refractivity contribution in [2.24, 2.45) is 0 Å². The Hall–Kier alpha value is -3.14. The number of carbonyl (C=O) groups is 1. The molecule has 1 aromatic carbocycles. The summed E-state index contributed by atoms with van der Waals surface area (Å²) in [5, 5.41) is 1.74. The lowest BCUT2D eigenvalue weighted by Gasteiger charge is -2.14. The number of alkyl halides is 3. The molecule has 0 spiro atoms. The fourth-order valence-electron chi connectivity index (χ4n) is 2.42. The highest BCUT2D eigenvalue weighted by Gasteiger charge is 2.31. The zero-order valence-electron chi connectivity index (χ0n) is 14.5. The van der Waals surface area contributed by atoms with E-state index in [2.05, 4.69) is 14.7 Å². The summed E-state index contributed by atoms with van der Waals surface area (Å²) in [6.07, 6.45) is -2.47. The van der Waals surface area contributed by atoms with Crippen molar-refractivity contribution in [2.45, 2.75) is 12.9 Å². The largest absolute Gasteiger partial charge is 0.573 e. The second-order valence-corrected chi connectivity index (χ2v) is 6.68. The number of amides is 1. The standard InChI is InChI=1S/C18H14F3N3O3S/c1-24(10-14-22-12-8-9-28-16(12)17(26)23-14)15(25)7-6-11-4-2-3-5-13(11)27-18(19,20)21/h2-9H,10H2,1H3,(H,22,23,26)/b7-6+. The summed E-state index contributed by atoms with van der Waals surface area (Å²) < 4.78 is 41.8. The average molecular weight is 409 g/mol. The zero-order valence-corrected chi connectivity index (χ0v) is 15.3. The van der Waals surface area contributed by atoms with E-state index in [0.29, 0.717) is 16.0 Å². The lowest BCUT2D eigenvalue weighted by atomic mass is 10.2. The van der Waals surface area contributed by atoms with Gasteiger partial charge in [0.15, 0.2) is 0 Å². The summed E-state index contributed by atoms with van der Waals surface area (Å²) in [4.78, 5) is 32.4. The van der Waals surface area contributed by atoms with Gasteiger partial charge in [-0.25, -0.2) is 4.98 Å². The van der Waals surface area contributed by atoms with Crippen LogP contribution in [0.25, 0.3) is 16.3 Å². The SMILES string of the molecule is CN(Cc1nc2ccsc2c(=O)[nH]1)C(=O)/C=C/c1ccccc1OC(F)(F)F. The predicted octanol–water partition coefficient (Wildman–Crippen LogP) is 3.56. The van der Waals surface area contributed by atoms with Gasteiger partial charge >= 0.3 is 6.36 Å². The van der Waals surface area contributed by atoms with Gasteiger partial charge in [-0.15, -0.1) is 24.5 Å². The minimum absolute atomic E-state index is 0.0326. The molecule has 1 N–H and O–H groups in total. The zero-order chi connectivity index (χ0) is 20.3. The second kappa shape index (κ2) is 7.85. The molecule has 0 aliphatic rings. The van der Waals surface area contributed by atoms with Crippen LogP contribution >= 0.6 is 11.3 Å². The summed E-state index contributed by atoms with van der Waals surface area (Å²) in [6, 6.07) is 7.19. The van der Waals surface area contributed by atoms with E-state index in [9.17, 15) is 22.8 Å². The van der Waals surface area contributed by atoms with Crippen molar-refractivity contribution in [1.29, 1.82) is 0 Å². The van der Waals surface area contributed by atoms with Crippen LogP contribution in [-0.4, -0.2) is 34.2 Å². The highest BCUT2D eigenvalue weighted by Crippen LogP contribution is 2.27. The van der Waals surface area contributed by atoms with Gasteiger partial charge in [-0.2, -0.15) is 0 Å². The summed E-state index contributed by atoms with van der Waals surface area (Å²) >= 11 is 1.27. The molecule has 0 fully saturated rings. The maximum atomic E-state index is 12.5. The molecule has 2 aromatic heterocycles. The maximum Gasteiger partial charge on any atom is 0.573 e. The van der Waals surface area contributed by atoms with Gasteiger partial charge in [-0.05, 0) is 23.6 Å². The Bertz CT molecular complexity index is 1090. The fourth-order valence-corrected chi connectivity index (χ4v) is 3.15. The topological polar surface area (TPSA) is 75.3 Å². The molecular formula is C18H14F3N3O3S. The lowest BCUT2D eigenvalue weighted by molar-refractivity contribution is -0.274. The van der Waals surface area contributed by atoms with Crippen LogP contribution < -0.4 is 10.3 Å². The number of thiophene rings is 1. The molecule has 10 heteroatoms. The van der Waals surface area contributed by atoms with Crippen LogP contribution in [0.2, 0.25) is 0 Å². The number of para-hydroxylation sites is 1. The molecular weight excluding hydrogens is 395 g/mol. The lowest BCUT2D eigenvalue weighted by Crippen LogP contribution is -2.26. The number of hydrogen-bond donors (Lipinski definition) is 1. The van der Waals surface area contributed by atoms with Crippen molar-refractivity contribution in [3.63, 3.8) is 0 Å². The van der Waals surface area contributed by atoms with E-state index in [1.807, 2.05) is 0 Å². The first-order valence-electron chi connectivity index (χ1n) is 7.97. The summed E-state index contributed by atoms with van der Waals surface area (Å²) in [5.74, 6) is -0.577. The van der Waals surface area contributed by atoms with E-state index in [0.717, 1.165) is 12.1 Å². The normalized spacial score (nSPS) is 11.9. The van der Waals surface area contributed by atoms with E-state index in [1.165, 1.54) is 47.6 Å². The van der Waals surface area contributed by atoms with E-state index >= 15 is 0 Å². The fraction of sp³-hybridized carbons (Fsp3) is 0.167. The highest BCUT2D eigenvalue weighted by atomic mass is 32.1. The van der Waals surface area contributed by atoms with Crippen LogP contribution in [0.5, 0.6) is 5.75 Å². The van der Waals surface area contributed by atoms with Crippen LogP contribution in [0.15, 0.2) is 46.6 Å². The smallest absolute Gasteiger partial charge is 0.405 e. The number of fused-ring (bicyclic) bond motifs is 1. The molecule has 146 valence electrons. The first-order chi connectivity index (χ1) is 13.2. The molecule has 1 amide bonds. The third kappa shape index (κ3) is 4.77. The summed E-state index contributed by atoms with van der Waals surface area (Å²) in [5.41, 5.74) is 0.357.